The van der Waals surface area contributed by atoms with Crippen LogP contribution in [0, 0.1) is 0 Å². The third-order valence-electron chi connectivity index (χ3n) is 3.26. The van der Waals surface area contributed by atoms with E-state index in [4.69, 9.17) is 5.73 Å². The Labute approximate surface area is 74.4 Å². The molecular formula is C10H18N2. The molecule has 0 aromatic rings. The second-order valence-corrected chi connectivity index (χ2v) is 4.10. The second-order valence-electron chi connectivity index (χ2n) is 4.10. The molecule has 2 N–H and O–H groups in total. The molecule has 0 spiro atoms. The summed E-state index contributed by atoms with van der Waals surface area (Å²) in [5, 5.41) is 0. The lowest BCUT2D eigenvalue weighted by molar-refractivity contribution is 0.144. The monoisotopic (exact) mass is 166 g/mol. The molecule has 2 heteroatoms. The van der Waals surface area contributed by atoms with Gasteiger partial charge in [0, 0.05) is 24.7 Å². The van der Waals surface area contributed by atoms with E-state index in [9.17, 15) is 0 Å². The van der Waals surface area contributed by atoms with Crippen LogP contribution < -0.4 is 5.73 Å². The van der Waals surface area contributed by atoms with E-state index in [1.54, 1.807) is 0 Å². The summed E-state index contributed by atoms with van der Waals surface area (Å²) in [6.45, 7) is 4.86. The van der Waals surface area contributed by atoms with Gasteiger partial charge in [0.1, 0.15) is 0 Å². The normalized spacial score (nSPS) is 41.6. The average molecular weight is 166 g/mol. The zero-order chi connectivity index (χ0) is 8.55. The summed E-state index contributed by atoms with van der Waals surface area (Å²) in [4.78, 5) is 2.58. The van der Waals surface area contributed by atoms with Crippen LogP contribution in [0.15, 0.2) is 12.7 Å². The summed E-state index contributed by atoms with van der Waals surface area (Å²) < 4.78 is 0. The molecule has 2 heterocycles. The van der Waals surface area contributed by atoms with E-state index in [0.29, 0.717) is 6.04 Å². The molecule has 12 heavy (non-hydrogen) atoms. The first-order valence-corrected chi connectivity index (χ1v) is 4.93. The smallest absolute Gasteiger partial charge is 0.0166 e. The fourth-order valence-corrected chi connectivity index (χ4v) is 2.76. The Morgan fingerprint density at radius 3 is 2.42 bits per heavy atom. The molecule has 2 aliphatic rings. The van der Waals surface area contributed by atoms with E-state index in [1.807, 2.05) is 6.08 Å². The van der Waals surface area contributed by atoms with E-state index < -0.39 is 0 Å². The van der Waals surface area contributed by atoms with E-state index in [0.717, 1.165) is 18.6 Å². The first-order valence-electron chi connectivity index (χ1n) is 4.93. The topological polar surface area (TPSA) is 29.3 Å². The average Bonchev–Trinajstić information content (AvgIpc) is 2.32. The summed E-state index contributed by atoms with van der Waals surface area (Å²) in [7, 11) is 0. The van der Waals surface area contributed by atoms with Crippen molar-refractivity contribution in [3.8, 4) is 0 Å². The van der Waals surface area contributed by atoms with Crippen molar-refractivity contribution in [2.24, 2.45) is 5.73 Å². The molecule has 0 radical (unpaired) electrons. The molecule has 2 bridgehead atoms. The Bertz CT molecular complexity index is 165. The van der Waals surface area contributed by atoms with Gasteiger partial charge in [0.2, 0.25) is 0 Å². The largest absolute Gasteiger partial charge is 0.328 e. The number of rotatable bonds is 2. The fourth-order valence-electron chi connectivity index (χ4n) is 2.76. The maximum Gasteiger partial charge on any atom is 0.0166 e. The zero-order valence-electron chi connectivity index (χ0n) is 7.58. The number of hydrogen-bond acceptors (Lipinski definition) is 2. The predicted octanol–water partition coefficient (Wildman–Crippen LogP) is 1.13. The lowest BCUT2D eigenvalue weighted by atomic mass is 9.98. The molecular weight excluding hydrogens is 148 g/mol. The lowest BCUT2D eigenvalue weighted by Gasteiger charge is -2.36. The number of nitrogens with two attached hydrogens (primary N) is 1. The highest BCUT2D eigenvalue weighted by Gasteiger charge is 2.38. The van der Waals surface area contributed by atoms with Crippen LogP contribution in [-0.2, 0) is 0 Å². The maximum atomic E-state index is 5.96. The summed E-state index contributed by atoms with van der Waals surface area (Å²) >= 11 is 0. The quantitative estimate of drug-likeness (QED) is 0.623. The van der Waals surface area contributed by atoms with Crippen LogP contribution in [0.5, 0.6) is 0 Å². The maximum absolute atomic E-state index is 5.96. The van der Waals surface area contributed by atoms with Gasteiger partial charge in [0.05, 0.1) is 0 Å². The summed E-state index contributed by atoms with van der Waals surface area (Å²) in [5.41, 5.74) is 5.96. The zero-order valence-corrected chi connectivity index (χ0v) is 7.58. The van der Waals surface area contributed by atoms with Gasteiger partial charge >= 0.3 is 0 Å². The summed E-state index contributed by atoms with van der Waals surface area (Å²) in [5.74, 6) is 0. The highest BCUT2D eigenvalue weighted by molar-refractivity contribution is 4.98. The van der Waals surface area contributed by atoms with Gasteiger partial charge in [-0.25, -0.2) is 0 Å². The Hall–Kier alpha value is -0.340. The molecule has 68 valence electrons. The van der Waals surface area contributed by atoms with Crippen LogP contribution in [-0.4, -0.2) is 29.6 Å². The molecule has 0 aromatic heterocycles. The van der Waals surface area contributed by atoms with Gasteiger partial charge < -0.3 is 5.73 Å². The van der Waals surface area contributed by atoms with Crippen LogP contribution in [0.1, 0.15) is 25.7 Å². The molecule has 2 unspecified atom stereocenters. The molecule has 0 saturated carbocycles. The van der Waals surface area contributed by atoms with Crippen molar-refractivity contribution in [1.82, 2.24) is 4.90 Å². The van der Waals surface area contributed by atoms with Gasteiger partial charge in [-0.2, -0.15) is 0 Å². The van der Waals surface area contributed by atoms with Gasteiger partial charge in [-0.15, -0.1) is 6.58 Å². The predicted molar refractivity (Wildman–Crippen MR) is 50.9 cm³/mol. The molecule has 0 aromatic carbocycles. The van der Waals surface area contributed by atoms with E-state index in [-0.39, 0.29) is 0 Å². The molecule has 0 aliphatic carbocycles. The fraction of sp³-hybridized carbons (Fsp3) is 0.800. The summed E-state index contributed by atoms with van der Waals surface area (Å²) in [6.07, 6.45) is 7.12. The van der Waals surface area contributed by atoms with E-state index >= 15 is 0 Å². The van der Waals surface area contributed by atoms with Crippen LogP contribution in [0.3, 0.4) is 0 Å². The Morgan fingerprint density at radius 2 is 1.92 bits per heavy atom. The van der Waals surface area contributed by atoms with Crippen LogP contribution in [0.2, 0.25) is 0 Å². The van der Waals surface area contributed by atoms with E-state index in [2.05, 4.69) is 11.5 Å². The third kappa shape index (κ3) is 1.29. The minimum absolute atomic E-state index is 0.462. The lowest BCUT2D eigenvalue weighted by Crippen LogP contribution is -2.47. The highest BCUT2D eigenvalue weighted by atomic mass is 15.2. The van der Waals surface area contributed by atoms with Crippen LogP contribution in [0.25, 0.3) is 0 Å². The molecule has 2 saturated heterocycles. The number of fused-ring (bicyclic) bond motifs is 2. The van der Waals surface area contributed by atoms with Crippen molar-refractivity contribution in [1.29, 1.82) is 0 Å². The molecule has 2 fully saturated rings. The highest BCUT2D eigenvalue weighted by Crippen LogP contribution is 2.34. The molecule has 0 amide bonds. The summed E-state index contributed by atoms with van der Waals surface area (Å²) in [6, 6.07) is 1.98. The Balaban J connectivity index is 2.03. The van der Waals surface area contributed by atoms with Crippen LogP contribution in [0.4, 0.5) is 0 Å². The minimum atomic E-state index is 0.462. The van der Waals surface area contributed by atoms with Crippen molar-refractivity contribution in [2.45, 2.75) is 43.8 Å². The van der Waals surface area contributed by atoms with Crippen molar-refractivity contribution < 1.29 is 0 Å². The van der Waals surface area contributed by atoms with Crippen molar-refractivity contribution in [2.75, 3.05) is 6.54 Å². The first kappa shape index (κ1) is 8.27. The number of piperidine rings is 1. The van der Waals surface area contributed by atoms with Crippen molar-refractivity contribution in [3.63, 3.8) is 0 Å². The standard InChI is InChI=1S/C10H18N2/c1-2-5-12-9-3-4-10(12)7-8(11)6-9/h2,8-10H,1,3-7,11H2. The molecule has 2 nitrogen and oxygen atoms in total. The SMILES string of the molecule is C=CCN1C2CCC1CC(N)C2. The van der Waals surface area contributed by atoms with Crippen LogP contribution >= 0.6 is 0 Å². The minimum Gasteiger partial charge on any atom is -0.328 e. The van der Waals surface area contributed by atoms with Gasteiger partial charge in [-0.1, -0.05) is 6.08 Å². The molecule has 2 aliphatic heterocycles. The first-order chi connectivity index (χ1) is 5.81. The molecule has 2 rings (SSSR count). The number of hydrogen-bond donors (Lipinski definition) is 1. The Morgan fingerprint density at radius 1 is 1.33 bits per heavy atom. The second kappa shape index (κ2) is 3.19. The third-order valence-corrected chi connectivity index (χ3v) is 3.26. The Kier molecular flexibility index (Phi) is 2.20. The van der Waals surface area contributed by atoms with Gasteiger partial charge in [-0.05, 0) is 25.7 Å². The van der Waals surface area contributed by atoms with Crippen molar-refractivity contribution in [3.05, 3.63) is 12.7 Å². The number of nitrogens with zero attached hydrogens (tertiary/aromatic N) is 1. The molecule has 2 atom stereocenters. The van der Waals surface area contributed by atoms with Gasteiger partial charge in [-0.3, -0.25) is 4.90 Å². The van der Waals surface area contributed by atoms with Gasteiger partial charge in [0.15, 0.2) is 0 Å². The van der Waals surface area contributed by atoms with Crippen molar-refractivity contribution >= 4 is 0 Å². The van der Waals surface area contributed by atoms with E-state index in [1.165, 1.54) is 25.7 Å². The van der Waals surface area contributed by atoms with Gasteiger partial charge in [0.25, 0.3) is 0 Å².